The van der Waals surface area contributed by atoms with E-state index in [0.29, 0.717) is 23.6 Å². The average Bonchev–Trinajstić information content (AvgIpc) is 2.58. The number of amides is 1. The highest BCUT2D eigenvalue weighted by atomic mass is 16.5. The number of carbonyl (C=O) groups is 1. The SMILES string of the molecule is CCCN(C(=O)c1cc(OC)cc(OC)c1)c1cccc(C)c1. The minimum absolute atomic E-state index is 0.0605. The van der Waals surface area contributed by atoms with E-state index in [1.807, 2.05) is 31.2 Å². The van der Waals surface area contributed by atoms with Crippen LogP contribution in [-0.4, -0.2) is 26.7 Å². The lowest BCUT2D eigenvalue weighted by Gasteiger charge is -2.23. The predicted octanol–water partition coefficient (Wildman–Crippen LogP) is 4.07. The van der Waals surface area contributed by atoms with Crippen LogP contribution in [-0.2, 0) is 0 Å². The van der Waals surface area contributed by atoms with E-state index < -0.39 is 0 Å². The molecule has 2 aromatic carbocycles. The van der Waals surface area contributed by atoms with Crippen molar-refractivity contribution in [3.8, 4) is 11.5 Å². The van der Waals surface area contributed by atoms with Gasteiger partial charge in [0, 0.05) is 23.9 Å². The molecule has 0 aliphatic carbocycles. The van der Waals surface area contributed by atoms with Crippen LogP contribution in [0.1, 0.15) is 29.3 Å². The summed E-state index contributed by atoms with van der Waals surface area (Å²) in [6, 6.07) is 13.2. The molecule has 2 rings (SSSR count). The Morgan fingerprint density at radius 3 is 2.22 bits per heavy atom. The van der Waals surface area contributed by atoms with Crippen LogP contribution in [0.4, 0.5) is 5.69 Å². The molecular weight excluding hydrogens is 290 g/mol. The van der Waals surface area contributed by atoms with Crippen molar-refractivity contribution in [3.05, 3.63) is 53.6 Å². The Morgan fingerprint density at radius 1 is 1.04 bits per heavy atom. The summed E-state index contributed by atoms with van der Waals surface area (Å²) in [5.41, 5.74) is 2.58. The molecule has 0 unspecified atom stereocenters. The van der Waals surface area contributed by atoms with E-state index in [-0.39, 0.29) is 5.91 Å². The summed E-state index contributed by atoms with van der Waals surface area (Å²) in [5.74, 6) is 1.15. The summed E-state index contributed by atoms with van der Waals surface area (Å²) in [7, 11) is 3.15. The van der Waals surface area contributed by atoms with Gasteiger partial charge < -0.3 is 14.4 Å². The van der Waals surface area contributed by atoms with Gasteiger partial charge in [-0.3, -0.25) is 4.79 Å². The fourth-order valence-corrected chi connectivity index (χ4v) is 2.45. The fraction of sp³-hybridized carbons (Fsp3) is 0.316. The number of ether oxygens (including phenoxy) is 2. The molecule has 0 fully saturated rings. The number of nitrogens with zero attached hydrogens (tertiary/aromatic N) is 1. The van der Waals surface area contributed by atoms with E-state index in [2.05, 4.69) is 6.92 Å². The van der Waals surface area contributed by atoms with Gasteiger partial charge in [-0.05, 0) is 43.2 Å². The summed E-state index contributed by atoms with van der Waals surface area (Å²) in [4.78, 5) is 14.8. The average molecular weight is 313 g/mol. The molecular formula is C19H23NO3. The zero-order valence-corrected chi connectivity index (χ0v) is 14.1. The Balaban J connectivity index is 2.41. The highest BCUT2D eigenvalue weighted by molar-refractivity contribution is 6.06. The van der Waals surface area contributed by atoms with Crippen molar-refractivity contribution in [1.29, 1.82) is 0 Å². The van der Waals surface area contributed by atoms with Crippen molar-refractivity contribution in [2.24, 2.45) is 0 Å². The van der Waals surface area contributed by atoms with E-state index in [1.165, 1.54) is 0 Å². The molecule has 0 radical (unpaired) electrons. The number of anilines is 1. The Bertz CT molecular complexity index is 660. The maximum Gasteiger partial charge on any atom is 0.258 e. The van der Waals surface area contributed by atoms with Crippen molar-refractivity contribution < 1.29 is 14.3 Å². The van der Waals surface area contributed by atoms with E-state index in [1.54, 1.807) is 37.3 Å². The predicted molar refractivity (Wildman–Crippen MR) is 92.7 cm³/mol. The molecule has 0 saturated carbocycles. The van der Waals surface area contributed by atoms with Crippen LogP contribution < -0.4 is 14.4 Å². The zero-order valence-electron chi connectivity index (χ0n) is 14.1. The van der Waals surface area contributed by atoms with E-state index in [0.717, 1.165) is 17.7 Å². The first kappa shape index (κ1) is 16.9. The molecule has 0 heterocycles. The summed E-state index contributed by atoms with van der Waals surface area (Å²) >= 11 is 0. The van der Waals surface area contributed by atoms with Gasteiger partial charge in [-0.1, -0.05) is 19.1 Å². The molecule has 122 valence electrons. The van der Waals surface area contributed by atoms with Crippen LogP contribution >= 0.6 is 0 Å². The van der Waals surface area contributed by atoms with Crippen molar-refractivity contribution >= 4 is 11.6 Å². The third-order valence-electron chi connectivity index (χ3n) is 3.60. The van der Waals surface area contributed by atoms with Crippen LogP contribution in [0.25, 0.3) is 0 Å². The first-order valence-corrected chi connectivity index (χ1v) is 7.70. The Kier molecular flexibility index (Phi) is 5.63. The summed E-state index contributed by atoms with van der Waals surface area (Å²) in [6.07, 6.45) is 0.876. The second-order valence-corrected chi connectivity index (χ2v) is 5.40. The van der Waals surface area contributed by atoms with Crippen LogP contribution in [0.3, 0.4) is 0 Å². The number of benzene rings is 2. The topological polar surface area (TPSA) is 38.8 Å². The molecule has 0 N–H and O–H groups in total. The van der Waals surface area contributed by atoms with Gasteiger partial charge in [-0.15, -0.1) is 0 Å². The van der Waals surface area contributed by atoms with E-state index in [9.17, 15) is 4.79 Å². The Labute approximate surface area is 137 Å². The Morgan fingerprint density at radius 2 is 1.70 bits per heavy atom. The van der Waals surface area contributed by atoms with Gasteiger partial charge in [0.05, 0.1) is 14.2 Å². The highest BCUT2D eigenvalue weighted by Crippen LogP contribution is 2.25. The molecule has 2 aromatic rings. The van der Waals surface area contributed by atoms with Crippen LogP contribution in [0, 0.1) is 6.92 Å². The van der Waals surface area contributed by atoms with Crippen LogP contribution in [0.15, 0.2) is 42.5 Å². The first-order valence-electron chi connectivity index (χ1n) is 7.70. The van der Waals surface area contributed by atoms with Crippen LogP contribution in [0.2, 0.25) is 0 Å². The summed E-state index contributed by atoms with van der Waals surface area (Å²) in [6.45, 7) is 4.73. The van der Waals surface area contributed by atoms with Crippen LogP contribution in [0.5, 0.6) is 11.5 Å². The normalized spacial score (nSPS) is 10.3. The third kappa shape index (κ3) is 4.03. The number of carbonyl (C=O) groups excluding carboxylic acids is 1. The molecule has 0 bridgehead atoms. The molecule has 0 aliphatic heterocycles. The quantitative estimate of drug-likeness (QED) is 0.807. The minimum atomic E-state index is -0.0605. The molecule has 0 saturated heterocycles. The largest absolute Gasteiger partial charge is 0.497 e. The second-order valence-electron chi connectivity index (χ2n) is 5.40. The van der Waals surface area contributed by atoms with Gasteiger partial charge in [0.15, 0.2) is 0 Å². The number of rotatable bonds is 6. The van der Waals surface area contributed by atoms with Gasteiger partial charge in [0.1, 0.15) is 11.5 Å². The van der Waals surface area contributed by atoms with Crippen molar-refractivity contribution in [2.75, 3.05) is 25.7 Å². The maximum atomic E-state index is 13.0. The Hall–Kier alpha value is -2.49. The lowest BCUT2D eigenvalue weighted by Crippen LogP contribution is -2.31. The number of aryl methyl sites for hydroxylation is 1. The van der Waals surface area contributed by atoms with Crippen molar-refractivity contribution in [1.82, 2.24) is 0 Å². The smallest absolute Gasteiger partial charge is 0.258 e. The minimum Gasteiger partial charge on any atom is -0.497 e. The standard InChI is InChI=1S/C19H23NO3/c1-5-9-20(16-8-6-7-14(2)10-16)19(21)15-11-17(22-3)13-18(12-15)23-4/h6-8,10-13H,5,9H2,1-4H3. The van der Waals surface area contributed by atoms with Gasteiger partial charge in [0.2, 0.25) is 0 Å². The van der Waals surface area contributed by atoms with Gasteiger partial charge in [0.25, 0.3) is 5.91 Å². The molecule has 0 spiro atoms. The maximum absolute atomic E-state index is 13.0. The molecule has 0 aromatic heterocycles. The summed E-state index contributed by atoms with van der Waals surface area (Å²) < 4.78 is 10.5. The molecule has 4 heteroatoms. The zero-order chi connectivity index (χ0) is 16.8. The number of methoxy groups -OCH3 is 2. The second kappa shape index (κ2) is 7.68. The number of hydrogen-bond donors (Lipinski definition) is 0. The van der Waals surface area contributed by atoms with Crippen molar-refractivity contribution in [3.63, 3.8) is 0 Å². The van der Waals surface area contributed by atoms with Gasteiger partial charge >= 0.3 is 0 Å². The first-order chi connectivity index (χ1) is 11.1. The summed E-state index contributed by atoms with van der Waals surface area (Å²) in [5, 5.41) is 0. The molecule has 23 heavy (non-hydrogen) atoms. The van der Waals surface area contributed by atoms with Crippen molar-refractivity contribution in [2.45, 2.75) is 20.3 Å². The fourth-order valence-electron chi connectivity index (χ4n) is 2.45. The monoisotopic (exact) mass is 313 g/mol. The lowest BCUT2D eigenvalue weighted by molar-refractivity contribution is 0.0986. The lowest BCUT2D eigenvalue weighted by atomic mass is 10.1. The van der Waals surface area contributed by atoms with E-state index in [4.69, 9.17) is 9.47 Å². The number of hydrogen-bond acceptors (Lipinski definition) is 3. The molecule has 0 atom stereocenters. The van der Waals surface area contributed by atoms with Gasteiger partial charge in [-0.25, -0.2) is 0 Å². The van der Waals surface area contributed by atoms with E-state index >= 15 is 0 Å². The highest BCUT2D eigenvalue weighted by Gasteiger charge is 2.19. The van der Waals surface area contributed by atoms with Gasteiger partial charge in [-0.2, -0.15) is 0 Å². The molecule has 4 nitrogen and oxygen atoms in total. The molecule has 1 amide bonds. The molecule has 0 aliphatic rings. The third-order valence-corrected chi connectivity index (χ3v) is 3.60.